The molecule has 4 heteroatoms. The fourth-order valence-electron chi connectivity index (χ4n) is 1.78. The molecular weight excluding hydrogens is 274 g/mol. The summed E-state index contributed by atoms with van der Waals surface area (Å²) < 4.78 is 5.11. The number of hydrogen-bond acceptors (Lipinski definition) is 2. The average molecular weight is 290 g/mol. The number of benzene rings is 2. The summed E-state index contributed by atoms with van der Waals surface area (Å²) in [5.41, 5.74) is 2.05. The Morgan fingerprint density at radius 1 is 1.05 bits per heavy atom. The predicted octanol–water partition coefficient (Wildman–Crippen LogP) is 3.81. The molecule has 20 heavy (non-hydrogen) atoms. The van der Waals surface area contributed by atoms with Crippen molar-refractivity contribution in [2.24, 2.45) is 0 Å². The number of ether oxygens (including phenoxy) is 1. The second-order valence-electron chi connectivity index (χ2n) is 4.37. The fraction of sp³-hybridized carbons (Fsp3) is 0.188. The summed E-state index contributed by atoms with van der Waals surface area (Å²) in [6.45, 7) is 0.803. The monoisotopic (exact) mass is 289 g/mol. The van der Waals surface area contributed by atoms with Gasteiger partial charge in [-0.15, -0.1) is 0 Å². The van der Waals surface area contributed by atoms with Gasteiger partial charge in [-0.05, 0) is 29.7 Å². The van der Waals surface area contributed by atoms with Crippen molar-refractivity contribution in [3.63, 3.8) is 0 Å². The van der Waals surface area contributed by atoms with Crippen LogP contribution in [-0.4, -0.2) is 12.6 Å². The molecule has 3 nitrogen and oxygen atoms in total. The molecule has 0 heterocycles. The minimum Gasteiger partial charge on any atom is -0.445 e. The Labute approximate surface area is 123 Å². The van der Waals surface area contributed by atoms with E-state index in [2.05, 4.69) is 5.32 Å². The van der Waals surface area contributed by atoms with Crippen molar-refractivity contribution in [1.29, 1.82) is 0 Å². The van der Waals surface area contributed by atoms with Gasteiger partial charge in [0.1, 0.15) is 6.61 Å². The smallest absolute Gasteiger partial charge is 0.407 e. The molecule has 0 aromatic heterocycles. The van der Waals surface area contributed by atoms with E-state index in [1.807, 2.05) is 54.6 Å². The Hall–Kier alpha value is -2.00. The van der Waals surface area contributed by atoms with Gasteiger partial charge in [-0.1, -0.05) is 54.1 Å². The van der Waals surface area contributed by atoms with Gasteiger partial charge in [-0.2, -0.15) is 0 Å². The van der Waals surface area contributed by atoms with Crippen LogP contribution in [0.5, 0.6) is 0 Å². The lowest BCUT2D eigenvalue weighted by Gasteiger charge is -2.07. The van der Waals surface area contributed by atoms with Crippen molar-refractivity contribution < 1.29 is 9.53 Å². The van der Waals surface area contributed by atoms with Crippen LogP contribution in [0.25, 0.3) is 0 Å². The maximum Gasteiger partial charge on any atom is 0.407 e. The molecule has 2 aromatic rings. The van der Waals surface area contributed by atoms with Gasteiger partial charge in [-0.3, -0.25) is 0 Å². The SMILES string of the molecule is O=C(NCCc1cccc(Cl)c1)OCc1ccccc1. The molecule has 0 saturated heterocycles. The van der Waals surface area contributed by atoms with Crippen molar-refractivity contribution in [2.45, 2.75) is 13.0 Å². The Morgan fingerprint density at radius 2 is 1.80 bits per heavy atom. The first-order valence-electron chi connectivity index (χ1n) is 6.43. The van der Waals surface area contributed by atoms with Crippen molar-refractivity contribution >= 4 is 17.7 Å². The maximum absolute atomic E-state index is 11.5. The number of carbonyl (C=O) groups excluding carboxylic acids is 1. The number of rotatable bonds is 5. The molecular formula is C16H16ClNO2. The highest BCUT2D eigenvalue weighted by molar-refractivity contribution is 6.30. The first-order chi connectivity index (χ1) is 9.74. The minimum atomic E-state index is -0.407. The van der Waals surface area contributed by atoms with E-state index < -0.39 is 6.09 Å². The molecule has 0 aliphatic rings. The molecule has 0 saturated carbocycles. The number of halogens is 1. The first kappa shape index (κ1) is 14.4. The summed E-state index contributed by atoms with van der Waals surface area (Å²) in [4.78, 5) is 11.5. The summed E-state index contributed by atoms with van der Waals surface area (Å²) in [5.74, 6) is 0. The molecule has 1 amide bonds. The third-order valence-electron chi connectivity index (χ3n) is 2.78. The lowest BCUT2D eigenvalue weighted by Crippen LogP contribution is -2.26. The van der Waals surface area contributed by atoms with Crippen LogP contribution in [0.3, 0.4) is 0 Å². The Kier molecular flexibility index (Phi) is 5.44. The van der Waals surface area contributed by atoms with Crippen LogP contribution in [0, 0.1) is 0 Å². The van der Waals surface area contributed by atoms with Gasteiger partial charge in [0, 0.05) is 11.6 Å². The van der Waals surface area contributed by atoms with Crippen LogP contribution in [-0.2, 0) is 17.8 Å². The molecule has 0 fully saturated rings. The highest BCUT2D eigenvalue weighted by Crippen LogP contribution is 2.10. The summed E-state index contributed by atoms with van der Waals surface area (Å²) in [7, 11) is 0. The highest BCUT2D eigenvalue weighted by Gasteiger charge is 2.02. The Morgan fingerprint density at radius 3 is 2.55 bits per heavy atom. The summed E-state index contributed by atoms with van der Waals surface area (Å²) in [6.07, 6.45) is 0.317. The third kappa shape index (κ3) is 4.94. The van der Waals surface area contributed by atoms with Gasteiger partial charge in [0.2, 0.25) is 0 Å². The van der Waals surface area contributed by atoms with Gasteiger partial charge in [-0.25, -0.2) is 4.79 Å². The van der Waals surface area contributed by atoms with Crippen LogP contribution >= 0.6 is 11.6 Å². The highest BCUT2D eigenvalue weighted by atomic mass is 35.5. The minimum absolute atomic E-state index is 0.282. The van der Waals surface area contributed by atoms with Crippen molar-refractivity contribution in [2.75, 3.05) is 6.54 Å². The second-order valence-corrected chi connectivity index (χ2v) is 4.80. The lowest BCUT2D eigenvalue weighted by atomic mass is 10.1. The van der Waals surface area contributed by atoms with Crippen LogP contribution in [0.4, 0.5) is 4.79 Å². The van der Waals surface area contributed by atoms with E-state index in [9.17, 15) is 4.79 Å². The molecule has 0 radical (unpaired) electrons. The molecule has 0 aliphatic carbocycles. The molecule has 1 N–H and O–H groups in total. The van der Waals surface area contributed by atoms with E-state index in [-0.39, 0.29) is 6.61 Å². The number of carbonyl (C=O) groups is 1. The summed E-state index contributed by atoms with van der Waals surface area (Å²) >= 11 is 5.89. The zero-order valence-corrected chi connectivity index (χ0v) is 11.8. The van der Waals surface area contributed by atoms with E-state index in [1.54, 1.807) is 0 Å². The molecule has 0 unspecified atom stereocenters. The topological polar surface area (TPSA) is 38.3 Å². The van der Waals surface area contributed by atoms with Crippen molar-refractivity contribution in [3.8, 4) is 0 Å². The lowest BCUT2D eigenvalue weighted by molar-refractivity contribution is 0.140. The Balaban J connectivity index is 1.68. The van der Waals surface area contributed by atoms with Gasteiger partial charge in [0.15, 0.2) is 0 Å². The summed E-state index contributed by atoms with van der Waals surface area (Å²) in [5, 5.41) is 3.42. The van der Waals surface area contributed by atoms with E-state index >= 15 is 0 Å². The van der Waals surface area contributed by atoms with Crippen LogP contribution < -0.4 is 5.32 Å². The second kappa shape index (κ2) is 7.56. The molecule has 0 aliphatic heterocycles. The zero-order chi connectivity index (χ0) is 14.2. The number of hydrogen-bond donors (Lipinski definition) is 1. The quantitative estimate of drug-likeness (QED) is 0.909. The van der Waals surface area contributed by atoms with E-state index in [4.69, 9.17) is 16.3 Å². The maximum atomic E-state index is 11.5. The van der Waals surface area contributed by atoms with Crippen LogP contribution in [0.2, 0.25) is 5.02 Å². The van der Waals surface area contributed by atoms with Crippen LogP contribution in [0.15, 0.2) is 54.6 Å². The molecule has 2 aromatic carbocycles. The zero-order valence-electron chi connectivity index (χ0n) is 11.0. The standard InChI is InChI=1S/C16H16ClNO2/c17-15-8-4-7-13(11-15)9-10-18-16(19)20-12-14-5-2-1-3-6-14/h1-8,11H,9-10,12H2,(H,18,19). The van der Waals surface area contributed by atoms with Crippen LogP contribution in [0.1, 0.15) is 11.1 Å². The van der Waals surface area contributed by atoms with E-state index in [0.29, 0.717) is 11.6 Å². The molecule has 0 bridgehead atoms. The van der Waals surface area contributed by atoms with Gasteiger partial charge < -0.3 is 10.1 Å². The average Bonchev–Trinajstić information content (AvgIpc) is 2.46. The van der Waals surface area contributed by atoms with Gasteiger partial charge in [0.25, 0.3) is 0 Å². The normalized spacial score (nSPS) is 10.1. The fourth-order valence-corrected chi connectivity index (χ4v) is 1.99. The van der Waals surface area contributed by atoms with Crippen molar-refractivity contribution in [1.82, 2.24) is 5.32 Å². The molecule has 2 rings (SSSR count). The number of amides is 1. The Bertz CT molecular complexity index is 557. The van der Waals surface area contributed by atoms with E-state index in [1.165, 1.54) is 0 Å². The first-order valence-corrected chi connectivity index (χ1v) is 6.81. The number of nitrogens with one attached hydrogen (secondary N) is 1. The van der Waals surface area contributed by atoms with Crippen molar-refractivity contribution in [3.05, 3.63) is 70.7 Å². The largest absolute Gasteiger partial charge is 0.445 e. The summed E-state index contributed by atoms with van der Waals surface area (Å²) in [6, 6.07) is 17.2. The molecule has 0 spiro atoms. The van der Waals surface area contributed by atoms with Gasteiger partial charge in [0.05, 0.1) is 0 Å². The number of alkyl carbamates (subject to hydrolysis) is 1. The van der Waals surface area contributed by atoms with E-state index in [0.717, 1.165) is 17.5 Å². The molecule has 0 atom stereocenters. The van der Waals surface area contributed by atoms with Gasteiger partial charge >= 0.3 is 6.09 Å². The predicted molar refractivity (Wildman–Crippen MR) is 79.8 cm³/mol. The molecule has 104 valence electrons. The third-order valence-corrected chi connectivity index (χ3v) is 3.02.